The minimum Gasteiger partial charge on any atom is -0.350 e. The minimum absolute atomic E-state index is 0.631. The van der Waals surface area contributed by atoms with Gasteiger partial charge in [-0.3, -0.25) is 5.10 Å². The largest absolute Gasteiger partial charge is 0.350 e. The Kier molecular flexibility index (Phi) is 2.92. The molecule has 2 heterocycles. The van der Waals surface area contributed by atoms with E-state index in [1.807, 2.05) is 6.20 Å². The van der Waals surface area contributed by atoms with Crippen molar-refractivity contribution < 1.29 is 0 Å². The summed E-state index contributed by atoms with van der Waals surface area (Å²) in [6, 6.07) is 0. The number of anilines is 1. The van der Waals surface area contributed by atoms with E-state index < -0.39 is 0 Å². The van der Waals surface area contributed by atoms with Crippen molar-refractivity contribution in [3.8, 4) is 0 Å². The molecule has 0 unspecified atom stereocenters. The lowest BCUT2D eigenvalue weighted by atomic mass is 10.4. The van der Waals surface area contributed by atoms with Gasteiger partial charge in [-0.25, -0.2) is 9.97 Å². The predicted octanol–water partition coefficient (Wildman–Crippen LogP) is 1.42. The minimum atomic E-state index is 0.631. The van der Waals surface area contributed by atoms with E-state index in [9.17, 15) is 0 Å². The number of H-pyrrole nitrogens is 1. The van der Waals surface area contributed by atoms with Crippen LogP contribution in [0.25, 0.3) is 0 Å². The number of nitrogens with zero attached hydrogens (tertiary/aromatic N) is 3. The molecule has 14 heavy (non-hydrogen) atoms. The summed E-state index contributed by atoms with van der Waals surface area (Å²) < 4.78 is 1.02. The second-order valence-corrected chi connectivity index (χ2v) is 3.93. The highest BCUT2D eigenvalue weighted by atomic mass is 127. The monoisotopic (exact) mass is 301 g/mol. The van der Waals surface area contributed by atoms with Crippen molar-refractivity contribution in [1.29, 1.82) is 0 Å². The fourth-order valence-electron chi connectivity index (χ4n) is 0.959. The molecule has 0 aliphatic rings. The summed E-state index contributed by atoms with van der Waals surface area (Å²) in [4.78, 5) is 8.23. The van der Waals surface area contributed by atoms with Gasteiger partial charge in [0.2, 0.25) is 5.95 Å². The molecule has 2 N–H and O–H groups in total. The first-order chi connectivity index (χ1) is 6.84. The highest BCUT2D eigenvalue weighted by Gasteiger charge is 1.96. The SMILES string of the molecule is Ic1cnc(NCc2cn[nH]c2)nc1. The zero-order valence-corrected chi connectivity index (χ0v) is 9.39. The van der Waals surface area contributed by atoms with Crippen LogP contribution in [0.4, 0.5) is 5.95 Å². The Balaban J connectivity index is 1.95. The molecule has 0 bridgehead atoms. The van der Waals surface area contributed by atoms with Crippen LogP contribution in [-0.4, -0.2) is 20.2 Å². The molecular formula is C8H8IN5. The van der Waals surface area contributed by atoms with E-state index >= 15 is 0 Å². The van der Waals surface area contributed by atoms with Gasteiger partial charge in [0.15, 0.2) is 0 Å². The summed E-state index contributed by atoms with van der Waals surface area (Å²) in [6.07, 6.45) is 7.13. The molecule has 2 rings (SSSR count). The smallest absolute Gasteiger partial charge is 0.222 e. The van der Waals surface area contributed by atoms with Crippen LogP contribution in [0.3, 0.4) is 0 Å². The molecular weight excluding hydrogens is 293 g/mol. The summed E-state index contributed by atoms with van der Waals surface area (Å²) in [5, 5.41) is 9.67. The lowest BCUT2D eigenvalue weighted by Gasteiger charge is -2.01. The lowest BCUT2D eigenvalue weighted by molar-refractivity contribution is 1.05. The Labute approximate surface area is 94.5 Å². The average Bonchev–Trinajstić information content (AvgIpc) is 2.70. The highest BCUT2D eigenvalue weighted by Crippen LogP contribution is 2.04. The van der Waals surface area contributed by atoms with Gasteiger partial charge in [-0.15, -0.1) is 0 Å². The van der Waals surface area contributed by atoms with Gasteiger partial charge in [0.25, 0.3) is 0 Å². The molecule has 6 heteroatoms. The van der Waals surface area contributed by atoms with Gasteiger partial charge in [-0.2, -0.15) is 5.10 Å². The molecule has 0 radical (unpaired) electrons. The van der Waals surface area contributed by atoms with Gasteiger partial charge in [0, 0.05) is 34.3 Å². The van der Waals surface area contributed by atoms with Crippen molar-refractivity contribution in [3.63, 3.8) is 0 Å². The van der Waals surface area contributed by atoms with E-state index in [2.05, 4.69) is 48.1 Å². The molecule has 5 nitrogen and oxygen atoms in total. The molecule has 0 fully saturated rings. The maximum atomic E-state index is 4.12. The van der Waals surface area contributed by atoms with Crippen LogP contribution >= 0.6 is 22.6 Å². The maximum absolute atomic E-state index is 4.12. The van der Waals surface area contributed by atoms with Gasteiger partial charge < -0.3 is 5.32 Å². The van der Waals surface area contributed by atoms with Gasteiger partial charge in [-0.1, -0.05) is 0 Å². The Morgan fingerprint density at radius 2 is 2.07 bits per heavy atom. The summed E-state index contributed by atoms with van der Waals surface area (Å²) in [5.41, 5.74) is 1.08. The Morgan fingerprint density at radius 1 is 1.29 bits per heavy atom. The molecule has 0 saturated heterocycles. The third-order valence-corrected chi connectivity index (χ3v) is 2.18. The first-order valence-electron chi connectivity index (χ1n) is 4.03. The molecule has 0 aliphatic carbocycles. The topological polar surface area (TPSA) is 66.5 Å². The number of aromatic nitrogens is 4. The average molecular weight is 301 g/mol. The quantitative estimate of drug-likeness (QED) is 0.841. The van der Waals surface area contributed by atoms with Crippen molar-refractivity contribution in [1.82, 2.24) is 20.2 Å². The van der Waals surface area contributed by atoms with Crippen LogP contribution in [0.2, 0.25) is 0 Å². The number of halogens is 1. The second-order valence-electron chi connectivity index (χ2n) is 2.68. The van der Waals surface area contributed by atoms with E-state index in [0.29, 0.717) is 12.5 Å². The van der Waals surface area contributed by atoms with E-state index in [1.165, 1.54) is 0 Å². The van der Waals surface area contributed by atoms with E-state index in [-0.39, 0.29) is 0 Å². The van der Waals surface area contributed by atoms with Gasteiger partial charge in [-0.05, 0) is 22.6 Å². The fraction of sp³-hybridized carbons (Fsp3) is 0.125. The Bertz CT molecular complexity index is 383. The summed E-state index contributed by atoms with van der Waals surface area (Å²) in [5.74, 6) is 0.631. The normalized spacial score (nSPS) is 10.1. The molecule has 0 amide bonds. The van der Waals surface area contributed by atoms with Crippen molar-refractivity contribution in [2.24, 2.45) is 0 Å². The summed E-state index contributed by atoms with van der Waals surface area (Å²) in [6.45, 7) is 0.678. The Hall–Kier alpha value is -1.18. The van der Waals surface area contributed by atoms with E-state index in [1.54, 1.807) is 18.6 Å². The third kappa shape index (κ3) is 2.41. The van der Waals surface area contributed by atoms with Gasteiger partial charge in [0.05, 0.1) is 6.20 Å². The number of hydrogen-bond acceptors (Lipinski definition) is 4. The van der Waals surface area contributed by atoms with Crippen molar-refractivity contribution >= 4 is 28.5 Å². The number of nitrogens with one attached hydrogen (secondary N) is 2. The number of rotatable bonds is 3. The zero-order valence-electron chi connectivity index (χ0n) is 7.24. The van der Waals surface area contributed by atoms with Crippen LogP contribution < -0.4 is 5.32 Å². The molecule has 0 saturated carbocycles. The van der Waals surface area contributed by atoms with Gasteiger partial charge >= 0.3 is 0 Å². The van der Waals surface area contributed by atoms with Crippen molar-refractivity contribution in [3.05, 3.63) is 33.9 Å². The molecule has 2 aromatic rings. The van der Waals surface area contributed by atoms with Crippen LogP contribution in [0, 0.1) is 3.57 Å². The summed E-state index contributed by atoms with van der Waals surface area (Å²) >= 11 is 2.17. The zero-order chi connectivity index (χ0) is 9.80. The van der Waals surface area contributed by atoms with E-state index in [4.69, 9.17) is 0 Å². The first-order valence-corrected chi connectivity index (χ1v) is 5.11. The summed E-state index contributed by atoms with van der Waals surface area (Å²) in [7, 11) is 0. The molecule has 0 atom stereocenters. The predicted molar refractivity (Wildman–Crippen MR) is 60.7 cm³/mol. The number of hydrogen-bond donors (Lipinski definition) is 2. The van der Waals surface area contributed by atoms with Crippen LogP contribution in [0.5, 0.6) is 0 Å². The van der Waals surface area contributed by atoms with Crippen molar-refractivity contribution in [2.45, 2.75) is 6.54 Å². The molecule has 0 aromatic carbocycles. The molecule has 2 aromatic heterocycles. The lowest BCUT2D eigenvalue weighted by Crippen LogP contribution is -2.02. The molecule has 72 valence electrons. The van der Waals surface area contributed by atoms with Gasteiger partial charge in [0.1, 0.15) is 0 Å². The third-order valence-electron chi connectivity index (χ3n) is 1.63. The van der Waals surface area contributed by atoms with Crippen molar-refractivity contribution in [2.75, 3.05) is 5.32 Å². The molecule has 0 aliphatic heterocycles. The molecule has 0 spiro atoms. The number of aromatic amines is 1. The fourth-order valence-corrected chi connectivity index (χ4v) is 1.24. The highest BCUT2D eigenvalue weighted by molar-refractivity contribution is 14.1. The first kappa shape index (κ1) is 9.38. The van der Waals surface area contributed by atoms with Crippen LogP contribution in [-0.2, 0) is 6.54 Å². The van der Waals surface area contributed by atoms with E-state index in [0.717, 1.165) is 9.13 Å². The van der Waals surface area contributed by atoms with Crippen LogP contribution in [0.15, 0.2) is 24.8 Å². The second kappa shape index (κ2) is 4.36. The standard InChI is InChI=1S/C8H8IN5/c9-7-4-11-8(12-5-7)10-1-6-2-13-14-3-6/h2-5H,1H2,(H,13,14)(H,10,11,12). The Morgan fingerprint density at radius 3 is 2.71 bits per heavy atom. The maximum Gasteiger partial charge on any atom is 0.222 e. The van der Waals surface area contributed by atoms with Crippen LogP contribution in [0.1, 0.15) is 5.56 Å².